The number of nitrogens with one attached hydrogen (secondary N) is 1. The number of rotatable bonds is 8. The van der Waals surface area contributed by atoms with E-state index in [0.29, 0.717) is 28.1 Å². The number of thiophene rings is 1. The van der Waals surface area contributed by atoms with Gasteiger partial charge in [0, 0.05) is 17.0 Å². The van der Waals surface area contributed by atoms with Crippen LogP contribution in [-0.4, -0.2) is 39.0 Å². The van der Waals surface area contributed by atoms with E-state index in [0.717, 1.165) is 10.4 Å². The standard InChI is InChI=1S/C20H21FN4O3S2/c1-4-25-17(13-6-8-14(21)9-7-13)23-24-20(25)29-11-16(26)22-18-15(10-12(3)30-18)19(27)28-5-2/h6-10H,4-5,11H2,1-3H3,(H,22,26). The number of anilines is 1. The fourth-order valence-electron chi connectivity index (χ4n) is 2.75. The summed E-state index contributed by atoms with van der Waals surface area (Å²) >= 11 is 2.56. The molecular weight excluding hydrogens is 427 g/mol. The van der Waals surface area contributed by atoms with Gasteiger partial charge in [-0.15, -0.1) is 21.5 Å². The zero-order chi connectivity index (χ0) is 21.7. The lowest BCUT2D eigenvalue weighted by atomic mass is 10.2. The summed E-state index contributed by atoms with van der Waals surface area (Å²) in [5, 5.41) is 12.2. The number of carbonyl (C=O) groups is 2. The number of esters is 1. The molecule has 1 N–H and O–H groups in total. The molecule has 1 amide bonds. The van der Waals surface area contributed by atoms with Crippen molar-refractivity contribution in [2.45, 2.75) is 32.5 Å². The normalized spacial score (nSPS) is 10.8. The van der Waals surface area contributed by atoms with Crippen LogP contribution in [0.3, 0.4) is 0 Å². The highest BCUT2D eigenvalue weighted by Gasteiger charge is 2.19. The minimum Gasteiger partial charge on any atom is -0.462 e. The summed E-state index contributed by atoms with van der Waals surface area (Å²) in [6, 6.07) is 7.72. The average Bonchev–Trinajstić information content (AvgIpc) is 3.30. The molecule has 0 bridgehead atoms. The lowest BCUT2D eigenvalue weighted by Crippen LogP contribution is -2.16. The summed E-state index contributed by atoms with van der Waals surface area (Å²) in [5.74, 6) is -0.334. The van der Waals surface area contributed by atoms with Crippen LogP contribution in [0.4, 0.5) is 9.39 Å². The quantitative estimate of drug-likeness (QED) is 0.407. The first kappa shape index (κ1) is 22.0. The van der Waals surface area contributed by atoms with E-state index in [1.54, 1.807) is 25.1 Å². The number of aryl methyl sites for hydroxylation is 1. The molecule has 0 atom stereocenters. The van der Waals surface area contributed by atoms with Crippen LogP contribution < -0.4 is 5.32 Å². The number of thioether (sulfide) groups is 1. The van der Waals surface area contributed by atoms with E-state index in [9.17, 15) is 14.0 Å². The average molecular weight is 449 g/mol. The van der Waals surface area contributed by atoms with Crippen LogP contribution in [0, 0.1) is 12.7 Å². The van der Waals surface area contributed by atoms with E-state index in [4.69, 9.17) is 4.74 Å². The first-order valence-corrected chi connectivity index (χ1v) is 11.1. The van der Waals surface area contributed by atoms with Gasteiger partial charge < -0.3 is 14.6 Å². The fraction of sp³-hybridized carbons (Fsp3) is 0.300. The van der Waals surface area contributed by atoms with Gasteiger partial charge in [0.05, 0.1) is 17.9 Å². The molecule has 3 rings (SSSR count). The molecule has 2 heterocycles. The number of halogens is 1. The molecule has 0 aliphatic carbocycles. The minimum absolute atomic E-state index is 0.0980. The van der Waals surface area contributed by atoms with Gasteiger partial charge in [0.2, 0.25) is 5.91 Å². The van der Waals surface area contributed by atoms with E-state index >= 15 is 0 Å². The van der Waals surface area contributed by atoms with Gasteiger partial charge in [0.25, 0.3) is 0 Å². The molecular formula is C20H21FN4O3S2. The van der Waals surface area contributed by atoms with Gasteiger partial charge in [-0.3, -0.25) is 4.79 Å². The van der Waals surface area contributed by atoms with Crippen LogP contribution >= 0.6 is 23.1 Å². The largest absolute Gasteiger partial charge is 0.462 e. The van der Waals surface area contributed by atoms with E-state index < -0.39 is 5.97 Å². The van der Waals surface area contributed by atoms with Crippen LogP contribution in [0.1, 0.15) is 29.1 Å². The predicted octanol–water partition coefficient (Wildman–Crippen LogP) is 4.38. The minimum atomic E-state index is -0.459. The van der Waals surface area contributed by atoms with Gasteiger partial charge in [-0.25, -0.2) is 9.18 Å². The van der Waals surface area contributed by atoms with Crippen LogP contribution in [-0.2, 0) is 16.1 Å². The summed E-state index contributed by atoms with van der Waals surface area (Å²) in [5.41, 5.74) is 1.10. The summed E-state index contributed by atoms with van der Waals surface area (Å²) in [6.45, 7) is 6.40. The van der Waals surface area contributed by atoms with E-state index in [1.165, 1.54) is 35.2 Å². The van der Waals surface area contributed by atoms with Crippen molar-refractivity contribution in [1.29, 1.82) is 0 Å². The number of carbonyl (C=O) groups excluding carboxylic acids is 2. The second-order valence-electron chi connectivity index (χ2n) is 6.21. The first-order valence-electron chi connectivity index (χ1n) is 9.32. The number of ether oxygens (including phenoxy) is 1. The Kier molecular flexibility index (Phi) is 7.22. The van der Waals surface area contributed by atoms with Gasteiger partial charge in [-0.1, -0.05) is 11.8 Å². The molecule has 0 spiro atoms. The second kappa shape index (κ2) is 9.86. The molecule has 0 aliphatic rings. The zero-order valence-corrected chi connectivity index (χ0v) is 18.4. The highest BCUT2D eigenvalue weighted by atomic mass is 32.2. The molecule has 3 aromatic rings. The molecule has 1 aromatic carbocycles. The Bertz CT molecular complexity index is 1050. The molecule has 0 unspecified atom stereocenters. The number of hydrogen-bond acceptors (Lipinski definition) is 7. The summed E-state index contributed by atoms with van der Waals surface area (Å²) in [7, 11) is 0. The Labute approximate surface area is 181 Å². The van der Waals surface area contributed by atoms with Crippen LogP contribution in [0.25, 0.3) is 11.4 Å². The van der Waals surface area contributed by atoms with Crippen molar-refractivity contribution in [3.05, 3.63) is 46.6 Å². The smallest absolute Gasteiger partial charge is 0.341 e. The Morgan fingerprint density at radius 3 is 2.63 bits per heavy atom. The van der Waals surface area contributed by atoms with E-state index in [1.807, 2.05) is 18.4 Å². The third-order valence-electron chi connectivity index (χ3n) is 4.07. The highest BCUT2D eigenvalue weighted by Crippen LogP contribution is 2.29. The number of hydrogen-bond donors (Lipinski definition) is 1. The molecule has 0 saturated heterocycles. The summed E-state index contributed by atoms with van der Waals surface area (Å²) < 4.78 is 20.1. The van der Waals surface area contributed by atoms with Crippen molar-refractivity contribution in [3.8, 4) is 11.4 Å². The molecule has 0 radical (unpaired) electrons. The monoisotopic (exact) mass is 448 g/mol. The lowest BCUT2D eigenvalue weighted by Gasteiger charge is -2.08. The summed E-state index contributed by atoms with van der Waals surface area (Å²) in [4.78, 5) is 25.4. The van der Waals surface area contributed by atoms with Crippen molar-refractivity contribution in [2.75, 3.05) is 17.7 Å². The molecule has 30 heavy (non-hydrogen) atoms. The number of benzene rings is 1. The Morgan fingerprint density at radius 1 is 1.23 bits per heavy atom. The fourth-order valence-corrected chi connectivity index (χ4v) is 4.47. The maximum absolute atomic E-state index is 13.2. The van der Waals surface area contributed by atoms with Crippen molar-refractivity contribution < 1.29 is 18.7 Å². The number of amides is 1. The third kappa shape index (κ3) is 5.06. The zero-order valence-electron chi connectivity index (χ0n) is 16.8. The molecule has 7 nitrogen and oxygen atoms in total. The number of nitrogens with zero attached hydrogens (tertiary/aromatic N) is 3. The predicted molar refractivity (Wildman–Crippen MR) is 115 cm³/mol. The van der Waals surface area contributed by atoms with Crippen molar-refractivity contribution in [2.24, 2.45) is 0 Å². The molecule has 2 aromatic heterocycles. The van der Waals surface area contributed by atoms with E-state index in [2.05, 4.69) is 15.5 Å². The van der Waals surface area contributed by atoms with Crippen LogP contribution in [0.5, 0.6) is 0 Å². The van der Waals surface area contributed by atoms with Gasteiger partial charge in [-0.2, -0.15) is 0 Å². The van der Waals surface area contributed by atoms with Gasteiger partial charge in [0.15, 0.2) is 11.0 Å². The maximum Gasteiger partial charge on any atom is 0.341 e. The molecule has 0 fully saturated rings. The van der Waals surface area contributed by atoms with Crippen molar-refractivity contribution in [3.63, 3.8) is 0 Å². The topological polar surface area (TPSA) is 86.1 Å². The van der Waals surface area contributed by atoms with Crippen molar-refractivity contribution >= 4 is 40.0 Å². The van der Waals surface area contributed by atoms with Crippen molar-refractivity contribution in [1.82, 2.24) is 14.8 Å². The Hall–Kier alpha value is -2.72. The van der Waals surface area contributed by atoms with E-state index in [-0.39, 0.29) is 24.1 Å². The third-order valence-corrected chi connectivity index (χ3v) is 6.00. The lowest BCUT2D eigenvalue weighted by molar-refractivity contribution is -0.113. The van der Waals surface area contributed by atoms with Crippen LogP contribution in [0.2, 0.25) is 0 Å². The molecule has 10 heteroatoms. The van der Waals surface area contributed by atoms with Gasteiger partial charge >= 0.3 is 5.97 Å². The first-order chi connectivity index (χ1) is 14.4. The SMILES string of the molecule is CCOC(=O)c1cc(C)sc1NC(=O)CSc1nnc(-c2ccc(F)cc2)n1CC. The summed E-state index contributed by atoms with van der Waals surface area (Å²) in [6.07, 6.45) is 0. The maximum atomic E-state index is 13.2. The van der Waals surface area contributed by atoms with Crippen LogP contribution in [0.15, 0.2) is 35.5 Å². The number of aromatic nitrogens is 3. The molecule has 158 valence electrons. The van der Waals surface area contributed by atoms with Gasteiger partial charge in [0.1, 0.15) is 10.8 Å². The molecule has 0 saturated carbocycles. The second-order valence-corrected chi connectivity index (χ2v) is 8.41. The highest BCUT2D eigenvalue weighted by molar-refractivity contribution is 7.99. The Balaban J connectivity index is 1.69. The molecule has 0 aliphatic heterocycles. The van der Waals surface area contributed by atoms with Gasteiger partial charge in [-0.05, 0) is 51.1 Å². The Morgan fingerprint density at radius 2 is 1.97 bits per heavy atom.